The minimum Gasteiger partial charge on any atom is -0.493 e. The molecule has 0 unspecified atom stereocenters. The fraction of sp³-hybridized carbons (Fsp3) is 0.200. The van der Waals surface area contributed by atoms with Crippen molar-refractivity contribution in [2.24, 2.45) is 0 Å². The summed E-state index contributed by atoms with van der Waals surface area (Å²) in [5, 5.41) is 0. The SMILES string of the molecule is CCOc1ccc(NS(=O)(=O)c2cc(F)ccc2F)cc1OC. The van der Waals surface area contributed by atoms with Crippen LogP contribution in [0.3, 0.4) is 0 Å². The average molecular weight is 343 g/mol. The molecule has 2 aromatic rings. The Morgan fingerprint density at radius 1 is 1.09 bits per heavy atom. The number of ether oxygens (including phenoxy) is 2. The number of hydrogen-bond donors (Lipinski definition) is 1. The van der Waals surface area contributed by atoms with Gasteiger partial charge >= 0.3 is 0 Å². The fourth-order valence-electron chi connectivity index (χ4n) is 1.90. The molecule has 0 atom stereocenters. The largest absolute Gasteiger partial charge is 0.493 e. The van der Waals surface area contributed by atoms with Gasteiger partial charge in [-0.25, -0.2) is 17.2 Å². The van der Waals surface area contributed by atoms with E-state index in [0.29, 0.717) is 24.2 Å². The van der Waals surface area contributed by atoms with Crippen LogP contribution in [0.5, 0.6) is 11.5 Å². The molecule has 0 saturated carbocycles. The van der Waals surface area contributed by atoms with Crippen molar-refractivity contribution in [3.05, 3.63) is 48.0 Å². The van der Waals surface area contributed by atoms with Crippen molar-refractivity contribution in [1.29, 1.82) is 0 Å². The smallest absolute Gasteiger partial charge is 0.264 e. The van der Waals surface area contributed by atoms with E-state index in [0.717, 1.165) is 12.1 Å². The zero-order valence-electron chi connectivity index (χ0n) is 12.5. The maximum atomic E-state index is 13.6. The van der Waals surface area contributed by atoms with Crippen LogP contribution in [0.1, 0.15) is 6.92 Å². The van der Waals surface area contributed by atoms with E-state index >= 15 is 0 Å². The Morgan fingerprint density at radius 2 is 1.83 bits per heavy atom. The van der Waals surface area contributed by atoms with Gasteiger partial charge in [0.2, 0.25) is 0 Å². The van der Waals surface area contributed by atoms with Crippen molar-refractivity contribution in [3.8, 4) is 11.5 Å². The standard InChI is InChI=1S/C15H15F2NO4S/c1-3-22-13-7-5-11(9-14(13)21-2)18-23(19,20)15-8-10(16)4-6-12(15)17/h4-9,18H,3H2,1-2H3. The highest BCUT2D eigenvalue weighted by Gasteiger charge is 2.20. The van der Waals surface area contributed by atoms with Gasteiger partial charge in [-0.05, 0) is 37.3 Å². The average Bonchev–Trinajstić information content (AvgIpc) is 2.51. The Morgan fingerprint density at radius 3 is 2.48 bits per heavy atom. The summed E-state index contributed by atoms with van der Waals surface area (Å²) in [6.07, 6.45) is 0. The zero-order valence-corrected chi connectivity index (χ0v) is 13.3. The normalized spacial score (nSPS) is 11.1. The zero-order chi connectivity index (χ0) is 17.0. The van der Waals surface area contributed by atoms with Crippen LogP contribution in [-0.4, -0.2) is 22.1 Å². The molecule has 23 heavy (non-hydrogen) atoms. The molecule has 8 heteroatoms. The van der Waals surface area contributed by atoms with Gasteiger partial charge in [0, 0.05) is 6.07 Å². The first-order chi connectivity index (χ1) is 10.9. The Bertz CT molecular complexity index is 809. The molecule has 0 heterocycles. The molecule has 5 nitrogen and oxygen atoms in total. The third-order valence-corrected chi connectivity index (χ3v) is 4.29. The number of sulfonamides is 1. The quantitative estimate of drug-likeness (QED) is 0.875. The molecule has 0 amide bonds. The van der Waals surface area contributed by atoms with Gasteiger partial charge in [0.25, 0.3) is 10.0 Å². The molecule has 0 aromatic heterocycles. The third-order valence-electron chi connectivity index (χ3n) is 2.90. The van der Waals surface area contributed by atoms with Gasteiger partial charge in [-0.15, -0.1) is 0 Å². The van der Waals surface area contributed by atoms with Crippen molar-refractivity contribution in [2.75, 3.05) is 18.4 Å². The molecule has 0 aliphatic heterocycles. The highest BCUT2D eigenvalue weighted by molar-refractivity contribution is 7.92. The minimum absolute atomic E-state index is 0.133. The highest BCUT2D eigenvalue weighted by Crippen LogP contribution is 2.31. The van der Waals surface area contributed by atoms with Crippen molar-refractivity contribution >= 4 is 15.7 Å². The van der Waals surface area contributed by atoms with Gasteiger partial charge in [-0.3, -0.25) is 4.72 Å². The summed E-state index contributed by atoms with van der Waals surface area (Å²) in [6.45, 7) is 2.21. The molecule has 2 rings (SSSR count). The first-order valence-corrected chi connectivity index (χ1v) is 8.14. The molecule has 2 aromatic carbocycles. The number of nitrogens with one attached hydrogen (secondary N) is 1. The van der Waals surface area contributed by atoms with Crippen molar-refractivity contribution in [2.45, 2.75) is 11.8 Å². The molecular formula is C15H15F2NO4S. The summed E-state index contributed by atoms with van der Waals surface area (Å²) in [6, 6.07) is 6.55. The second-order valence-electron chi connectivity index (χ2n) is 4.48. The van der Waals surface area contributed by atoms with E-state index in [1.165, 1.54) is 25.3 Å². The van der Waals surface area contributed by atoms with Crippen LogP contribution in [0.2, 0.25) is 0 Å². The lowest BCUT2D eigenvalue weighted by molar-refractivity contribution is 0.311. The highest BCUT2D eigenvalue weighted by atomic mass is 32.2. The van der Waals surface area contributed by atoms with Crippen LogP contribution in [0, 0.1) is 11.6 Å². The van der Waals surface area contributed by atoms with Crippen molar-refractivity contribution in [1.82, 2.24) is 0 Å². The Labute approximate surface area is 132 Å². The van der Waals surface area contributed by atoms with Crippen molar-refractivity contribution < 1.29 is 26.7 Å². The minimum atomic E-state index is -4.28. The van der Waals surface area contributed by atoms with E-state index in [-0.39, 0.29) is 5.69 Å². The molecule has 0 aliphatic rings. The molecule has 0 aliphatic carbocycles. The number of methoxy groups -OCH3 is 1. The van der Waals surface area contributed by atoms with E-state index in [4.69, 9.17) is 9.47 Å². The van der Waals surface area contributed by atoms with Gasteiger partial charge in [0.05, 0.1) is 19.4 Å². The lowest BCUT2D eigenvalue weighted by atomic mass is 10.3. The number of hydrogen-bond acceptors (Lipinski definition) is 4. The Kier molecular flexibility index (Phi) is 5.05. The first-order valence-electron chi connectivity index (χ1n) is 6.66. The van der Waals surface area contributed by atoms with Gasteiger partial charge in [0.15, 0.2) is 11.5 Å². The third kappa shape index (κ3) is 3.89. The summed E-state index contributed by atoms with van der Waals surface area (Å²) >= 11 is 0. The maximum Gasteiger partial charge on any atom is 0.264 e. The van der Waals surface area contributed by atoms with Gasteiger partial charge in [-0.1, -0.05) is 0 Å². The van der Waals surface area contributed by atoms with Gasteiger partial charge in [0.1, 0.15) is 16.5 Å². The topological polar surface area (TPSA) is 64.6 Å². The van der Waals surface area contributed by atoms with E-state index < -0.39 is 26.6 Å². The van der Waals surface area contributed by atoms with E-state index in [9.17, 15) is 17.2 Å². The van der Waals surface area contributed by atoms with Gasteiger partial charge < -0.3 is 9.47 Å². The molecule has 1 N–H and O–H groups in total. The summed E-state index contributed by atoms with van der Waals surface area (Å²) < 4.78 is 63.8. The van der Waals surface area contributed by atoms with E-state index in [1.807, 2.05) is 0 Å². The summed E-state index contributed by atoms with van der Waals surface area (Å²) in [5.74, 6) is -1.14. The number of halogens is 2. The van der Waals surface area contributed by atoms with Crippen LogP contribution in [-0.2, 0) is 10.0 Å². The second-order valence-corrected chi connectivity index (χ2v) is 6.13. The molecule has 124 valence electrons. The van der Waals surface area contributed by atoms with Crippen LogP contribution < -0.4 is 14.2 Å². The van der Waals surface area contributed by atoms with Crippen molar-refractivity contribution in [3.63, 3.8) is 0 Å². The Hall–Kier alpha value is -2.35. The predicted octanol–water partition coefficient (Wildman–Crippen LogP) is 3.17. The molecular weight excluding hydrogens is 328 g/mol. The molecule has 0 saturated heterocycles. The van der Waals surface area contributed by atoms with Crippen LogP contribution in [0.15, 0.2) is 41.3 Å². The molecule has 0 fully saturated rings. The van der Waals surface area contributed by atoms with Crippen LogP contribution in [0.25, 0.3) is 0 Å². The first kappa shape index (κ1) is 17.0. The Balaban J connectivity index is 2.35. The maximum absolute atomic E-state index is 13.6. The fourth-order valence-corrected chi connectivity index (χ4v) is 3.04. The summed E-state index contributed by atoms with van der Waals surface area (Å²) in [5.41, 5.74) is 0.133. The monoisotopic (exact) mass is 343 g/mol. The number of rotatable bonds is 6. The lowest BCUT2D eigenvalue weighted by Crippen LogP contribution is -2.15. The number of benzene rings is 2. The van der Waals surface area contributed by atoms with Crippen LogP contribution >= 0.6 is 0 Å². The molecule has 0 radical (unpaired) electrons. The lowest BCUT2D eigenvalue weighted by Gasteiger charge is -2.13. The van der Waals surface area contributed by atoms with E-state index in [2.05, 4.69) is 4.72 Å². The molecule has 0 bridgehead atoms. The predicted molar refractivity (Wildman–Crippen MR) is 81.3 cm³/mol. The van der Waals surface area contributed by atoms with E-state index in [1.54, 1.807) is 6.92 Å². The van der Waals surface area contributed by atoms with Crippen LogP contribution in [0.4, 0.5) is 14.5 Å². The molecule has 0 spiro atoms. The number of anilines is 1. The summed E-state index contributed by atoms with van der Waals surface area (Å²) in [4.78, 5) is -0.773. The van der Waals surface area contributed by atoms with Gasteiger partial charge in [-0.2, -0.15) is 0 Å². The summed E-state index contributed by atoms with van der Waals surface area (Å²) in [7, 11) is -2.87. The second kappa shape index (κ2) is 6.82.